The zero-order valence-electron chi connectivity index (χ0n) is 14.8. The lowest BCUT2D eigenvalue weighted by atomic mass is 10.0. The molecule has 0 saturated carbocycles. The fourth-order valence-corrected chi connectivity index (χ4v) is 4.03. The number of rotatable bonds is 1. The summed E-state index contributed by atoms with van der Waals surface area (Å²) in [6, 6.07) is 21.5. The highest BCUT2D eigenvalue weighted by atomic mass is 15.1. The molecule has 3 heterocycles. The Hall–Kier alpha value is -3.66. The highest BCUT2D eigenvalue weighted by Crippen LogP contribution is 2.33. The molecule has 0 fully saturated rings. The summed E-state index contributed by atoms with van der Waals surface area (Å²) in [4.78, 5) is 9.43. The quantitative estimate of drug-likeness (QED) is 0.303. The lowest BCUT2D eigenvalue weighted by molar-refractivity contribution is 0.920. The molecule has 4 nitrogen and oxygen atoms in total. The van der Waals surface area contributed by atoms with Gasteiger partial charge >= 0.3 is 0 Å². The Bertz CT molecular complexity index is 1490. The third-order valence-electron chi connectivity index (χ3n) is 5.34. The molecule has 0 radical (unpaired) electrons. The van der Waals surface area contributed by atoms with Crippen LogP contribution in [-0.4, -0.2) is 18.9 Å². The van der Waals surface area contributed by atoms with Gasteiger partial charge in [0.25, 0.3) is 0 Å². The second-order valence-electron chi connectivity index (χ2n) is 6.94. The fraction of sp³-hybridized carbons (Fsp3) is 0.0435. The number of aromatic nitrogens is 4. The van der Waals surface area contributed by atoms with Crippen LogP contribution < -0.4 is 0 Å². The minimum absolute atomic E-state index is 0.872. The summed E-state index contributed by atoms with van der Waals surface area (Å²) in [7, 11) is 2.00. The molecule has 3 aromatic heterocycles. The molecule has 0 amide bonds. The molecule has 6 aromatic rings. The van der Waals surface area contributed by atoms with E-state index in [2.05, 4.69) is 76.2 Å². The number of benzene rings is 3. The van der Waals surface area contributed by atoms with Crippen LogP contribution in [0.15, 0.2) is 79.3 Å². The second kappa shape index (κ2) is 5.17. The minimum atomic E-state index is 0.872. The largest absolute Gasteiger partial charge is 0.333 e. The maximum Gasteiger partial charge on any atom is 0.160 e. The highest BCUT2D eigenvalue weighted by molar-refractivity contribution is 6.15. The maximum atomic E-state index is 4.95. The summed E-state index contributed by atoms with van der Waals surface area (Å²) in [5, 5.41) is 6.09. The minimum Gasteiger partial charge on any atom is -0.333 e. The first-order valence-corrected chi connectivity index (χ1v) is 8.99. The van der Waals surface area contributed by atoms with Crippen molar-refractivity contribution in [2.24, 2.45) is 7.05 Å². The Morgan fingerprint density at radius 1 is 0.815 bits per heavy atom. The molecule has 0 unspecified atom stereocenters. The highest BCUT2D eigenvalue weighted by Gasteiger charge is 2.15. The molecule has 0 spiro atoms. The van der Waals surface area contributed by atoms with Gasteiger partial charge in [-0.3, -0.25) is 4.40 Å². The van der Waals surface area contributed by atoms with Gasteiger partial charge in [-0.15, -0.1) is 0 Å². The lowest BCUT2D eigenvalue weighted by Crippen LogP contribution is -1.90. The summed E-state index contributed by atoms with van der Waals surface area (Å²) in [6.45, 7) is 0. The van der Waals surface area contributed by atoms with Gasteiger partial charge in [-0.2, -0.15) is 0 Å². The van der Waals surface area contributed by atoms with Gasteiger partial charge in [0.05, 0.1) is 5.52 Å². The Balaban J connectivity index is 1.85. The normalized spacial score (nSPS) is 11.9. The van der Waals surface area contributed by atoms with Gasteiger partial charge in [0.15, 0.2) is 5.82 Å². The summed E-state index contributed by atoms with van der Waals surface area (Å²) in [5.41, 5.74) is 3.01. The van der Waals surface area contributed by atoms with Crippen molar-refractivity contribution in [2.75, 3.05) is 0 Å². The smallest absolute Gasteiger partial charge is 0.160 e. The van der Waals surface area contributed by atoms with Crippen molar-refractivity contribution < 1.29 is 0 Å². The predicted octanol–water partition coefficient (Wildman–Crippen LogP) is 5.19. The van der Waals surface area contributed by atoms with Crippen molar-refractivity contribution in [2.45, 2.75) is 0 Å². The van der Waals surface area contributed by atoms with Gasteiger partial charge in [0, 0.05) is 36.4 Å². The molecule has 0 saturated heterocycles. The van der Waals surface area contributed by atoms with E-state index in [1.165, 1.54) is 21.5 Å². The van der Waals surface area contributed by atoms with E-state index in [9.17, 15) is 0 Å². The number of pyridine rings is 1. The first-order chi connectivity index (χ1) is 13.3. The molecule has 0 aliphatic heterocycles. The van der Waals surface area contributed by atoms with E-state index in [1.54, 1.807) is 0 Å². The zero-order valence-corrected chi connectivity index (χ0v) is 14.8. The fourth-order valence-electron chi connectivity index (χ4n) is 4.03. The van der Waals surface area contributed by atoms with Crippen LogP contribution in [0.4, 0.5) is 0 Å². The Kier molecular flexibility index (Phi) is 2.78. The van der Waals surface area contributed by atoms with Gasteiger partial charge < -0.3 is 4.57 Å². The molecule has 0 aliphatic rings. The SMILES string of the molecule is Cn1ccnc1-c1cn2c3cc4ccccc4cc3c3ccccc3c2n1. The van der Waals surface area contributed by atoms with E-state index in [0.717, 1.165) is 28.1 Å². The van der Waals surface area contributed by atoms with Crippen LogP contribution in [0.1, 0.15) is 0 Å². The Morgan fingerprint density at radius 2 is 1.56 bits per heavy atom. The molecule has 0 N–H and O–H groups in total. The third-order valence-corrected chi connectivity index (χ3v) is 5.34. The van der Waals surface area contributed by atoms with Gasteiger partial charge in [-0.1, -0.05) is 48.5 Å². The van der Waals surface area contributed by atoms with Crippen LogP contribution in [0, 0.1) is 0 Å². The van der Waals surface area contributed by atoms with Crippen molar-refractivity contribution in [1.82, 2.24) is 18.9 Å². The van der Waals surface area contributed by atoms with Crippen molar-refractivity contribution in [3.05, 3.63) is 79.3 Å². The van der Waals surface area contributed by atoms with Crippen LogP contribution in [0.5, 0.6) is 0 Å². The van der Waals surface area contributed by atoms with E-state index in [4.69, 9.17) is 4.98 Å². The van der Waals surface area contributed by atoms with Crippen molar-refractivity contribution in [3.63, 3.8) is 0 Å². The average Bonchev–Trinajstić information content (AvgIpc) is 3.33. The maximum absolute atomic E-state index is 4.95. The molecule has 0 bridgehead atoms. The van der Waals surface area contributed by atoms with Gasteiger partial charge in [0.2, 0.25) is 0 Å². The molecular weight excluding hydrogens is 332 g/mol. The summed E-state index contributed by atoms with van der Waals surface area (Å²) in [5.74, 6) is 0.872. The molecule has 0 atom stereocenters. The Labute approximate surface area is 155 Å². The predicted molar refractivity (Wildman–Crippen MR) is 110 cm³/mol. The van der Waals surface area contributed by atoms with E-state index < -0.39 is 0 Å². The Morgan fingerprint density at radius 3 is 2.33 bits per heavy atom. The first kappa shape index (κ1) is 14.5. The van der Waals surface area contributed by atoms with Crippen LogP contribution in [-0.2, 0) is 7.05 Å². The van der Waals surface area contributed by atoms with E-state index in [-0.39, 0.29) is 0 Å². The number of aryl methyl sites for hydroxylation is 1. The van der Waals surface area contributed by atoms with Gasteiger partial charge in [0.1, 0.15) is 11.3 Å². The first-order valence-electron chi connectivity index (χ1n) is 8.99. The average molecular weight is 348 g/mol. The molecule has 4 heteroatoms. The number of nitrogens with zero attached hydrogens (tertiary/aromatic N) is 4. The number of hydrogen-bond acceptors (Lipinski definition) is 2. The molecule has 0 aliphatic carbocycles. The van der Waals surface area contributed by atoms with E-state index >= 15 is 0 Å². The van der Waals surface area contributed by atoms with Crippen LogP contribution in [0.25, 0.3) is 49.6 Å². The zero-order chi connectivity index (χ0) is 18.0. The molecule has 128 valence electrons. The van der Waals surface area contributed by atoms with Crippen molar-refractivity contribution >= 4 is 38.1 Å². The molecule has 3 aromatic carbocycles. The van der Waals surface area contributed by atoms with E-state index in [1.807, 2.05) is 24.0 Å². The van der Waals surface area contributed by atoms with Crippen molar-refractivity contribution in [3.8, 4) is 11.5 Å². The molecular formula is C23H16N4. The summed E-state index contributed by atoms with van der Waals surface area (Å²) in [6.07, 6.45) is 5.85. The molecule has 27 heavy (non-hydrogen) atoms. The molecule has 6 rings (SSSR count). The monoisotopic (exact) mass is 348 g/mol. The second-order valence-corrected chi connectivity index (χ2v) is 6.94. The lowest BCUT2D eigenvalue weighted by Gasteiger charge is -2.09. The van der Waals surface area contributed by atoms with Gasteiger partial charge in [-0.25, -0.2) is 9.97 Å². The number of imidazole rings is 2. The number of hydrogen-bond donors (Lipinski definition) is 0. The van der Waals surface area contributed by atoms with Gasteiger partial charge in [-0.05, 0) is 28.3 Å². The summed E-state index contributed by atoms with van der Waals surface area (Å²) < 4.78 is 4.20. The van der Waals surface area contributed by atoms with Crippen LogP contribution >= 0.6 is 0 Å². The third kappa shape index (κ3) is 1.98. The number of fused-ring (bicyclic) bond motifs is 7. The van der Waals surface area contributed by atoms with E-state index in [0.29, 0.717) is 0 Å². The van der Waals surface area contributed by atoms with Crippen LogP contribution in [0.2, 0.25) is 0 Å². The standard InChI is InChI=1S/C23H16N4/c1-26-11-10-24-23(26)20-14-27-21-13-16-7-3-2-6-15(16)12-19(21)17-8-4-5-9-18(17)22(27)25-20/h2-14H,1H3. The van der Waals surface area contributed by atoms with Crippen molar-refractivity contribution in [1.29, 1.82) is 0 Å². The topological polar surface area (TPSA) is 35.1 Å². The summed E-state index contributed by atoms with van der Waals surface area (Å²) >= 11 is 0. The van der Waals surface area contributed by atoms with Crippen LogP contribution in [0.3, 0.4) is 0 Å².